The highest BCUT2D eigenvalue weighted by Crippen LogP contribution is 2.46. The molecule has 4 atom stereocenters. The van der Waals surface area contributed by atoms with Crippen LogP contribution in [-0.2, 0) is 23.4 Å². The number of esters is 1. The van der Waals surface area contributed by atoms with Gasteiger partial charge >= 0.3 is 19.4 Å². The summed E-state index contributed by atoms with van der Waals surface area (Å²) in [6, 6.07) is 4.98. The summed E-state index contributed by atoms with van der Waals surface area (Å²) < 4.78 is 37.7. The third-order valence-corrected chi connectivity index (χ3v) is 8.21. The SMILES string of the molecule is C#C[C@@]1(CO[P@](=O)(N[C@@H](C)C(=O)OCC(CC)CC)Oc2ccc(Cl)cc2)C=C[C@H](n2cc(C)c(=O)[nH]c2=O)O1. The van der Waals surface area contributed by atoms with Crippen molar-refractivity contribution in [2.75, 3.05) is 13.2 Å². The van der Waals surface area contributed by atoms with E-state index in [9.17, 15) is 18.9 Å². The van der Waals surface area contributed by atoms with Gasteiger partial charge in [-0.2, -0.15) is 5.09 Å². The third kappa shape index (κ3) is 7.96. The van der Waals surface area contributed by atoms with E-state index in [0.717, 1.165) is 17.4 Å². The minimum absolute atomic E-state index is 0.156. The van der Waals surface area contributed by atoms with Gasteiger partial charge in [-0.25, -0.2) is 9.36 Å². The van der Waals surface area contributed by atoms with E-state index in [1.807, 2.05) is 13.8 Å². The number of H-pyrrole nitrogens is 1. The van der Waals surface area contributed by atoms with Gasteiger partial charge in [-0.15, -0.1) is 6.42 Å². The van der Waals surface area contributed by atoms with Crippen LogP contribution in [-0.4, -0.2) is 40.4 Å². The number of aryl methyl sites for hydroxylation is 1. The monoisotopic (exact) mass is 593 g/mol. The molecule has 0 amide bonds. The average molecular weight is 594 g/mol. The van der Waals surface area contributed by atoms with E-state index in [-0.39, 0.29) is 18.3 Å². The van der Waals surface area contributed by atoms with Gasteiger partial charge < -0.3 is 14.0 Å². The van der Waals surface area contributed by atoms with Crippen LogP contribution in [0.5, 0.6) is 5.75 Å². The second kappa shape index (κ2) is 13.5. The van der Waals surface area contributed by atoms with Crippen molar-refractivity contribution < 1.29 is 27.9 Å². The molecule has 1 aromatic heterocycles. The lowest BCUT2D eigenvalue weighted by Gasteiger charge is -2.28. The summed E-state index contributed by atoms with van der Waals surface area (Å²) in [7, 11) is -4.27. The second-order valence-corrected chi connectivity index (χ2v) is 11.5. The molecule has 2 N–H and O–H groups in total. The molecule has 1 aromatic carbocycles. The van der Waals surface area contributed by atoms with Gasteiger partial charge in [-0.1, -0.05) is 44.2 Å². The predicted molar refractivity (Wildman–Crippen MR) is 150 cm³/mol. The quantitative estimate of drug-likeness (QED) is 0.152. The highest BCUT2D eigenvalue weighted by molar-refractivity contribution is 7.52. The van der Waals surface area contributed by atoms with Gasteiger partial charge in [0.15, 0.2) is 11.8 Å². The molecule has 0 fully saturated rings. The Hall–Kier alpha value is -3.13. The molecule has 13 heteroatoms. The Morgan fingerprint density at radius 1 is 1.30 bits per heavy atom. The van der Waals surface area contributed by atoms with Gasteiger partial charge in [0.25, 0.3) is 5.56 Å². The van der Waals surface area contributed by atoms with Crippen LogP contribution in [0.15, 0.2) is 52.2 Å². The van der Waals surface area contributed by atoms with E-state index in [0.29, 0.717) is 10.6 Å². The van der Waals surface area contributed by atoms with Crippen molar-refractivity contribution in [1.82, 2.24) is 14.6 Å². The van der Waals surface area contributed by atoms with E-state index in [4.69, 9.17) is 36.5 Å². The Morgan fingerprint density at radius 3 is 2.60 bits per heavy atom. The van der Waals surface area contributed by atoms with Crippen LogP contribution in [0.1, 0.15) is 45.4 Å². The van der Waals surface area contributed by atoms with Crippen molar-refractivity contribution in [3.63, 3.8) is 0 Å². The van der Waals surface area contributed by atoms with Gasteiger partial charge in [0.2, 0.25) is 0 Å². The molecule has 11 nitrogen and oxygen atoms in total. The molecule has 1 aliphatic heterocycles. The molecule has 1 aliphatic rings. The van der Waals surface area contributed by atoms with E-state index < -0.39 is 49.4 Å². The summed E-state index contributed by atoms with van der Waals surface area (Å²) in [5, 5.41) is 3.04. The zero-order valence-electron chi connectivity index (χ0n) is 22.7. The number of carbonyl (C=O) groups is 1. The summed E-state index contributed by atoms with van der Waals surface area (Å²) in [4.78, 5) is 38.9. The highest BCUT2D eigenvalue weighted by atomic mass is 35.5. The summed E-state index contributed by atoms with van der Waals surface area (Å²) in [5.41, 5.74) is -2.47. The second-order valence-electron chi connectivity index (χ2n) is 9.36. The Balaban J connectivity index is 1.78. The zero-order valence-corrected chi connectivity index (χ0v) is 24.4. The van der Waals surface area contributed by atoms with Crippen LogP contribution < -0.4 is 20.9 Å². The van der Waals surface area contributed by atoms with Gasteiger partial charge in [-0.3, -0.25) is 23.7 Å². The molecule has 3 rings (SSSR count). The molecule has 0 radical (unpaired) electrons. The molecule has 0 saturated heterocycles. The number of hydrogen-bond acceptors (Lipinski definition) is 8. The number of rotatable bonds is 13. The number of carbonyl (C=O) groups excluding carboxylic acids is 1. The Labute approximate surface area is 237 Å². The first kappa shape index (κ1) is 31.4. The topological polar surface area (TPSA) is 138 Å². The summed E-state index contributed by atoms with van der Waals surface area (Å²) in [5.74, 6) is 2.18. The molecule has 0 spiro atoms. The summed E-state index contributed by atoms with van der Waals surface area (Å²) in [6.45, 7) is 6.78. The molecule has 0 saturated carbocycles. The Kier molecular flexibility index (Phi) is 10.6. The number of nitrogens with zero attached hydrogens (tertiary/aromatic N) is 1. The largest absolute Gasteiger partial charge is 0.464 e. The minimum atomic E-state index is -4.27. The number of aromatic amines is 1. The molecule has 0 bridgehead atoms. The molecule has 216 valence electrons. The van der Waals surface area contributed by atoms with Crippen molar-refractivity contribution in [3.05, 3.63) is 74.0 Å². The number of aromatic nitrogens is 2. The average Bonchev–Trinajstić information content (AvgIpc) is 3.36. The van der Waals surface area contributed by atoms with Crippen molar-refractivity contribution in [3.8, 4) is 18.1 Å². The molecule has 2 heterocycles. The molecular formula is C27H33ClN3O8P. The maximum Gasteiger partial charge on any atom is 0.459 e. The van der Waals surface area contributed by atoms with Gasteiger partial charge in [-0.05, 0) is 56.2 Å². The van der Waals surface area contributed by atoms with Crippen molar-refractivity contribution >= 4 is 25.3 Å². The summed E-state index contributed by atoms with van der Waals surface area (Å²) >= 11 is 5.95. The van der Waals surface area contributed by atoms with Crippen LogP contribution in [0.3, 0.4) is 0 Å². The highest BCUT2D eigenvalue weighted by Gasteiger charge is 2.40. The van der Waals surface area contributed by atoms with Gasteiger partial charge in [0, 0.05) is 16.8 Å². The molecular weight excluding hydrogens is 561 g/mol. The number of benzene rings is 1. The van der Waals surface area contributed by atoms with Crippen LogP contribution >= 0.6 is 19.3 Å². The third-order valence-electron chi connectivity index (χ3n) is 6.33. The maximum absolute atomic E-state index is 13.9. The van der Waals surface area contributed by atoms with Crippen LogP contribution in [0.4, 0.5) is 0 Å². The Bertz CT molecular complexity index is 1430. The van der Waals surface area contributed by atoms with Crippen LogP contribution in [0.2, 0.25) is 5.02 Å². The number of nitrogens with one attached hydrogen (secondary N) is 2. The van der Waals surface area contributed by atoms with Crippen molar-refractivity contribution in [2.45, 2.75) is 58.4 Å². The minimum Gasteiger partial charge on any atom is -0.464 e. The zero-order chi connectivity index (χ0) is 29.5. The fraction of sp³-hybridized carbons (Fsp3) is 0.444. The van der Waals surface area contributed by atoms with Gasteiger partial charge in [0.05, 0.1) is 6.61 Å². The smallest absolute Gasteiger partial charge is 0.459 e. The standard InChI is InChI=1S/C27H33ClN3O8P/c1-6-20(7-2)16-36-25(33)19(5)30-40(35,39-22-11-9-21(28)10-12-22)37-17-27(8-3)14-13-23(38-27)31-15-18(4)24(32)29-26(31)34/h3,9-15,19-20,23H,6-7,16-17H2,1-2,4-5H3,(H,30,35)(H,29,32,34)/t19-,23+,27-,40+/m0/s1. The van der Waals surface area contributed by atoms with E-state index in [1.54, 1.807) is 0 Å². The fourth-order valence-corrected chi connectivity index (χ4v) is 5.35. The molecule has 0 unspecified atom stereocenters. The van der Waals surface area contributed by atoms with Crippen molar-refractivity contribution in [2.24, 2.45) is 5.92 Å². The first-order valence-corrected chi connectivity index (χ1v) is 14.7. The van der Waals surface area contributed by atoms with Crippen molar-refractivity contribution in [1.29, 1.82) is 0 Å². The summed E-state index contributed by atoms with van der Waals surface area (Å²) in [6.07, 6.45) is 10.8. The maximum atomic E-state index is 13.9. The number of halogens is 1. The first-order chi connectivity index (χ1) is 18.9. The number of hydrogen-bond donors (Lipinski definition) is 2. The van der Waals surface area contributed by atoms with E-state index in [2.05, 4.69) is 16.0 Å². The van der Waals surface area contributed by atoms with Crippen LogP contribution in [0.25, 0.3) is 0 Å². The number of ether oxygens (including phenoxy) is 2. The van der Waals surface area contributed by atoms with Gasteiger partial charge in [0.1, 0.15) is 18.4 Å². The lowest BCUT2D eigenvalue weighted by Crippen LogP contribution is -2.39. The molecule has 0 aliphatic carbocycles. The molecule has 40 heavy (non-hydrogen) atoms. The first-order valence-electron chi connectivity index (χ1n) is 12.7. The van der Waals surface area contributed by atoms with E-state index >= 15 is 0 Å². The normalized spacial score (nSPS) is 20.6. The Morgan fingerprint density at radius 2 is 1.98 bits per heavy atom. The predicted octanol–water partition coefficient (Wildman–Crippen LogP) is 4.12. The van der Waals surface area contributed by atoms with Crippen LogP contribution in [0, 0.1) is 25.2 Å². The fourth-order valence-electron chi connectivity index (χ4n) is 3.71. The lowest BCUT2D eigenvalue weighted by atomic mass is 10.1. The number of terminal acetylenes is 1. The molecule has 2 aromatic rings. The van der Waals surface area contributed by atoms with E-state index in [1.165, 1.54) is 56.5 Å². The lowest BCUT2D eigenvalue weighted by molar-refractivity contribution is -0.146.